The Morgan fingerprint density at radius 2 is 1.89 bits per heavy atom. The van der Waals surface area contributed by atoms with Crippen molar-refractivity contribution < 1.29 is 14.4 Å². The third-order valence-corrected chi connectivity index (χ3v) is 7.41. The molecule has 1 aromatic carbocycles. The van der Waals surface area contributed by atoms with Gasteiger partial charge in [-0.05, 0) is 38.3 Å². The topological polar surface area (TPSA) is 69.7 Å². The average Bonchev–Trinajstić information content (AvgIpc) is 3.18. The first kappa shape index (κ1) is 18.3. The average molecular weight is 388 g/mol. The van der Waals surface area contributed by atoms with Gasteiger partial charge in [0, 0.05) is 36.9 Å². The van der Waals surface area contributed by atoms with Crippen LogP contribution in [-0.4, -0.2) is 63.3 Å². The van der Waals surface area contributed by atoms with Crippen LogP contribution in [0.3, 0.4) is 0 Å². The van der Waals surface area contributed by atoms with E-state index in [9.17, 15) is 14.4 Å². The van der Waals surface area contributed by atoms with E-state index in [1.54, 1.807) is 23.9 Å². The number of nitrogens with one attached hydrogen (secondary N) is 1. The molecule has 3 aliphatic heterocycles. The highest BCUT2D eigenvalue weighted by Crippen LogP contribution is 2.47. The van der Waals surface area contributed by atoms with Crippen molar-refractivity contribution in [1.82, 2.24) is 15.1 Å². The van der Waals surface area contributed by atoms with Crippen molar-refractivity contribution in [2.75, 3.05) is 18.8 Å². The molecular formula is C20H25N3O3S. The van der Waals surface area contributed by atoms with Crippen molar-refractivity contribution in [2.24, 2.45) is 0 Å². The van der Waals surface area contributed by atoms with Gasteiger partial charge in [-0.3, -0.25) is 14.4 Å². The molecular weight excluding hydrogens is 362 g/mol. The number of hydrogen-bond donors (Lipinski definition) is 1. The van der Waals surface area contributed by atoms with E-state index in [2.05, 4.69) is 12.2 Å². The van der Waals surface area contributed by atoms with Gasteiger partial charge >= 0.3 is 0 Å². The van der Waals surface area contributed by atoms with Crippen LogP contribution in [0.4, 0.5) is 0 Å². The minimum atomic E-state index is -0.328. The molecule has 4 rings (SSSR count). The maximum Gasteiger partial charge on any atom is 0.251 e. The van der Waals surface area contributed by atoms with Crippen molar-refractivity contribution in [3.05, 3.63) is 35.9 Å². The monoisotopic (exact) mass is 387 g/mol. The van der Waals surface area contributed by atoms with E-state index in [4.69, 9.17) is 0 Å². The maximum atomic E-state index is 13.0. The molecule has 0 spiro atoms. The number of amides is 3. The first-order valence-electron chi connectivity index (χ1n) is 9.59. The van der Waals surface area contributed by atoms with Crippen LogP contribution in [0.5, 0.6) is 0 Å². The molecule has 0 bridgehead atoms. The molecule has 3 aliphatic rings. The molecule has 2 atom stereocenters. The zero-order valence-corrected chi connectivity index (χ0v) is 16.3. The summed E-state index contributed by atoms with van der Waals surface area (Å²) in [5.41, 5.74) is 0.658. The summed E-state index contributed by atoms with van der Waals surface area (Å²) in [6.07, 6.45) is 2.86. The summed E-state index contributed by atoms with van der Waals surface area (Å²) >= 11 is 1.73. The van der Waals surface area contributed by atoms with E-state index < -0.39 is 0 Å². The summed E-state index contributed by atoms with van der Waals surface area (Å²) in [5, 5.41) is 3.07. The lowest BCUT2D eigenvalue weighted by molar-refractivity contribution is -0.144. The first-order valence-corrected chi connectivity index (χ1v) is 10.6. The van der Waals surface area contributed by atoms with E-state index in [-0.39, 0.29) is 34.7 Å². The molecule has 6 nitrogen and oxygen atoms in total. The molecule has 3 amide bonds. The lowest BCUT2D eigenvalue weighted by atomic mass is 10.0. The SMILES string of the molecule is CC12CCC(=O)N1C(C(=O)N1CCC(NC(=O)c3ccccc3)CC1)CS2. The van der Waals surface area contributed by atoms with Gasteiger partial charge in [0.05, 0.1) is 4.87 Å². The zero-order valence-electron chi connectivity index (χ0n) is 15.5. The van der Waals surface area contributed by atoms with Gasteiger partial charge < -0.3 is 15.1 Å². The Hall–Kier alpha value is -2.02. The molecule has 1 N–H and O–H groups in total. The van der Waals surface area contributed by atoms with Crippen LogP contribution in [-0.2, 0) is 9.59 Å². The molecule has 0 aliphatic carbocycles. The summed E-state index contributed by atoms with van der Waals surface area (Å²) in [5.74, 6) is 0.789. The van der Waals surface area contributed by atoms with Crippen molar-refractivity contribution in [2.45, 2.75) is 49.6 Å². The molecule has 7 heteroatoms. The second-order valence-electron chi connectivity index (χ2n) is 7.70. The van der Waals surface area contributed by atoms with Crippen molar-refractivity contribution in [3.63, 3.8) is 0 Å². The highest BCUT2D eigenvalue weighted by Gasteiger charge is 2.53. The Bertz CT molecular complexity index is 748. The first-order chi connectivity index (χ1) is 13.0. The van der Waals surface area contributed by atoms with Gasteiger partial charge in [-0.1, -0.05) is 18.2 Å². The fourth-order valence-electron chi connectivity index (χ4n) is 4.32. The van der Waals surface area contributed by atoms with Gasteiger partial charge in [0.25, 0.3) is 5.91 Å². The molecule has 27 heavy (non-hydrogen) atoms. The fraction of sp³-hybridized carbons (Fsp3) is 0.550. The van der Waals surface area contributed by atoms with Crippen LogP contribution in [0.2, 0.25) is 0 Å². The molecule has 0 radical (unpaired) electrons. The Morgan fingerprint density at radius 1 is 1.19 bits per heavy atom. The Kier molecular flexibility index (Phi) is 4.88. The molecule has 2 unspecified atom stereocenters. The Labute approximate surface area is 163 Å². The van der Waals surface area contributed by atoms with Gasteiger partial charge in [0.1, 0.15) is 6.04 Å². The van der Waals surface area contributed by atoms with Crippen molar-refractivity contribution >= 4 is 29.5 Å². The number of nitrogens with zero attached hydrogens (tertiary/aromatic N) is 2. The highest BCUT2D eigenvalue weighted by molar-refractivity contribution is 8.01. The standard InChI is InChI=1S/C20H25N3O3S/c1-20-10-7-17(24)23(20)16(13-27-20)19(26)22-11-8-15(9-12-22)21-18(25)14-5-3-2-4-6-14/h2-6,15-16H,7-13H2,1H3,(H,21,25). The number of carbonyl (C=O) groups excluding carboxylic acids is 3. The quantitative estimate of drug-likeness (QED) is 0.860. The molecule has 1 aromatic rings. The van der Waals surface area contributed by atoms with Crippen LogP contribution in [0.15, 0.2) is 30.3 Å². The normalized spacial score (nSPS) is 28.3. The van der Waals surface area contributed by atoms with E-state index in [1.807, 2.05) is 28.0 Å². The summed E-state index contributed by atoms with van der Waals surface area (Å²) in [6.45, 7) is 3.32. The van der Waals surface area contributed by atoms with Gasteiger partial charge in [-0.2, -0.15) is 0 Å². The van der Waals surface area contributed by atoms with Gasteiger partial charge in [-0.25, -0.2) is 0 Å². The van der Waals surface area contributed by atoms with Gasteiger partial charge in [0.2, 0.25) is 11.8 Å². The van der Waals surface area contributed by atoms with Crippen LogP contribution < -0.4 is 5.32 Å². The minimum absolute atomic E-state index is 0.0639. The smallest absolute Gasteiger partial charge is 0.251 e. The summed E-state index contributed by atoms with van der Waals surface area (Å²) in [7, 11) is 0. The van der Waals surface area contributed by atoms with Crippen molar-refractivity contribution in [1.29, 1.82) is 0 Å². The molecule has 0 saturated carbocycles. The van der Waals surface area contributed by atoms with Crippen molar-refractivity contribution in [3.8, 4) is 0 Å². The molecule has 0 aromatic heterocycles. The van der Waals surface area contributed by atoms with E-state index >= 15 is 0 Å². The number of likely N-dealkylation sites (tertiary alicyclic amines) is 1. The van der Waals surface area contributed by atoms with Crippen LogP contribution in [0.25, 0.3) is 0 Å². The maximum absolute atomic E-state index is 13.0. The molecule has 3 heterocycles. The number of piperidine rings is 1. The number of fused-ring (bicyclic) bond motifs is 1. The number of thioether (sulfide) groups is 1. The summed E-state index contributed by atoms with van der Waals surface area (Å²) in [4.78, 5) is 41.1. The van der Waals surface area contributed by atoms with Gasteiger partial charge in [-0.15, -0.1) is 11.8 Å². The summed E-state index contributed by atoms with van der Waals surface area (Å²) < 4.78 is 0. The molecule has 3 saturated heterocycles. The van der Waals surface area contributed by atoms with Crippen LogP contribution >= 0.6 is 11.8 Å². The highest BCUT2D eigenvalue weighted by atomic mass is 32.2. The number of rotatable bonds is 3. The number of carbonyl (C=O) groups is 3. The predicted molar refractivity (Wildman–Crippen MR) is 104 cm³/mol. The third kappa shape index (κ3) is 3.45. The predicted octanol–water partition coefficient (Wildman–Crippen LogP) is 1.86. The zero-order chi connectivity index (χ0) is 19.0. The second-order valence-corrected chi connectivity index (χ2v) is 9.21. The van der Waals surface area contributed by atoms with Crippen LogP contribution in [0, 0.1) is 0 Å². The Morgan fingerprint density at radius 3 is 2.59 bits per heavy atom. The largest absolute Gasteiger partial charge is 0.349 e. The fourth-order valence-corrected chi connectivity index (χ4v) is 5.74. The van der Waals surface area contributed by atoms with E-state index in [0.717, 1.165) is 19.3 Å². The Balaban J connectivity index is 1.32. The lowest BCUT2D eigenvalue weighted by Crippen LogP contribution is -2.54. The lowest BCUT2D eigenvalue weighted by Gasteiger charge is -2.36. The summed E-state index contributed by atoms with van der Waals surface area (Å²) in [6, 6.07) is 8.94. The molecule has 3 fully saturated rings. The third-order valence-electron chi connectivity index (χ3n) is 5.91. The van der Waals surface area contributed by atoms with E-state index in [1.165, 1.54) is 0 Å². The van der Waals surface area contributed by atoms with Gasteiger partial charge in [0.15, 0.2) is 0 Å². The minimum Gasteiger partial charge on any atom is -0.349 e. The van der Waals surface area contributed by atoms with Crippen LogP contribution in [0.1, 0.15) is 43.0 Å². The number of benzene rings is 1. The van der Waals surface area contributed by atoms with E-state index in [0.29, 0.717) is 30.8 Å². The number of hydrogen-bond acceptors (Lipinski definition) is 4. The second kappa shape index (κ2) is 7.19. The molecule has 144 valence electrons.